The summed E-state index contributed by atoms with van der Waals surface area (Å²) in [4.78, 5) is 22.8. The van der Waals surface area contributed by atoms with Crippen LogP contribution in [-0.4, -0.2) is 47.7 Å². The van der Waals surface area contributed by atoms with Crippen molar-refractivity contribution in [3.63, 3.8) is 0 Å². The van der Waals surface area contributed by atoms with Gasteiger partial charge in [-0.2, -0.15) is 0 Å². The normalized spacial score (nSPS) is 19.7. The minimum Gasteiger partial charge on any atom is -0.395 e. The Labute approximate surface area is 69.3 Å². The number of aliphatic hydroxyl groups is 1. The van der Waals surface area contributed by atoms with E-state index in [0.717, 1.165) is 0 Å². The van der Waals surface area contributed by atoms with Crippen LogP contribution in [0.2, 0.25) is 0 Å². The lowest BCUT2D eigenvalue weighted by Crippen LogP contribution is -2.41. The Morgan fingerprint density at radius 2 is 2.33 bits per heavy atom. The lowest BCUT2D eigenvalue weighted by molar-refractivity contribution is -0.118. The Balaban J connectivity index is 2.43. The second-order valence-corrected chi connectivity index (χ2v) is 2.68. The number of hydrogen-bond donors (Lipinski definition) is 3. The number of rotatable bonds is 3. The van der Waals surface area contributed by atoms with Gasteiger partial charge in [0.25, 0.3) is 0 Å². The second-order valence-electron chi connectivity index (χ2n) is 2.68. The number of nitrogens with one attached hydrogen (secondary N) is 1. The molecule has 4 N–H and O–H groups in total. The summed E-state index contributed by atoms with van der Waals surface area (Å²) in [5, 5.41) is 10.7. The lowest BCUT2D eigenvalue weighted by Gasteiger charge is -2.16. The number of nitrogens with zero attached hydrogens (tertiary/aromatic N) is 1. The number of urea groups is 1. The van der Waals surface area contributed by atoms with E-state index < -0.39 is 12.1 Å². The third kappa shape index (κ3) is 1.93. The van der Waals surface area contributed by atoms with Gasteiger partial charge in [0.15, 0.2) is 0 Å². The number of nitrogens with two attached hydrogens (primary N) is 1. The van der Waals surface area contributed by atoms with E-state index in [1.54, 1.807) is 0 Å². The van der Waals surface area contributed by atoms with Crippen molar-refractivity contribution in [1.29, 1.82) is 0 Å². The molecule has 0 radical (unpaired) electrons. The van der Waals surface area contributed by atoms with E-state index in [4.69, 9.17) is 10.8 Å². The summed E-state index contributed by atoms with van der Waals surface area (Å²) in [6.07, 6.45) is 0. The summed E-state index contributed by atoms with van der Waals surface area (Å²) in [5.74, 6) is -0.329. The quantitative estimate of drug-likeness (QED) is 0.424. The molecule has 0 aromatic carbocycles. The second kappa shape index (κ2) is 3.51. The number of carbonyl (C=O) groups is 2. The summed E-state index contributed by atoms with van der Waals surface area (Å²) in [6.45, 7) is 0.0403. The molecule has 1 saturated heterocycles. The summed E-state index contributed by atoms with van der Waals surface area (Å²) >= 11 is 0. The maximum Gasteiger partial charge on any atom is 0.324 e. The third-order valence-corrected chi connectivity index (χ3v) is 1.56. The van der Waals surface area contributed by atoms with Gasteiger partial charge in [0.05, 0.1) is 6.61 Å². The van der Waals surface area contributed by atoms with E-state index in [1.165, 1.54) is 4.90 Å². The first-order chi connectivity index (χ1) is 5.63. The van der Waals surface area contributed by atoms with Crippen LogP contribution in [0.25, 0.3) is 0 Å². The molecule has 1 atom stereocenters. The van der Waals surface area contributed by atoms with E-state index in [1.807, 2.05) is 0 Å². The zero-order chi connectivity index (χ0) is 9.14. The minimum atomic E-state index is -0.485. The van der Waals surface area contributed by atoms with Crippen molar-refractivity contribution >= 4 is 11.9 Å². The fourth-order valence-electron chi connectivity index (χ4n) is 0.971. The first kappa shape index (κ1) is 8.95. The van der Waals surface area contributed by atoms with Gasteiger partial charge in [-0.3, -0.25) is 10.1 Å². The minimum absolute atomic E-state index is 0.0343. The molecule has 68 valence electrons. The van der Waals surface area contributed by atoms with Crippen molar-refractivity contribution in [2.75, 3.05) is 19.7 Å². The lowest BCUT2D eigenvalue weighted by atomic mass is 10.3. The average Bonchev–Trinajstić information content (AvgIpc) is 2.30. The van der Waals surface area contributed by atoms with Crippen molar-refractivity contribution in [2.24, 2.45) is 5.73 Å². The van der Waals surface area contributed by atoms with Crippen LogP contribution in [-0.2, 0) is 4.79 Å². The summed E-state index contributed by atoms with van der Waals surface area (Å²) in [6, 6.07) is -0.925. The monoisotopic (exact) mass is 173 g/mol. The predicted octanol–water partition coefficient (Wildman–Crippen LogP) is -2.14. The Bertz CT molecular complexity index is 206. The number of carbonyl (C=O) groups excluding carboxylic acids is 2. The molecule has 1 heterocycles. The molecule has 0 spiro atoms. The molecule has 3 amide bonds. The van der Waals surface area contributed by atoms with Crippen molar-refractivity contribution in [1.82, 2.24) is 10.2 Å². The molecule has 0 bridgehead atoms. The molecular formula is C6H11N3O3. The van der Waals surface area contributed by atoms with Crippen molar-refractivity contribution < 1.29 is 14.7 Å². The highest BCUT2D eigenvalue weighted by atomic mass is 16.3. The van der Waals surface area contributed by atoms with Crippen molar-refractivity contribution in [3.8, 4) is 0 Å². The van der Waals surface area contributed by atoms with Crippen LogP contribution < -0.4 is 11.1 Å². The molecule has 0 aromatic heterocycles. The van der Waals surface area contributed by atoms with Crippen molar-refractivity contribution in [3.05, 3.63) is 0 Å². The molecule has 1 unspecified atom stereocenters. The van der Waals surface area contributed by atoms with Crippen LogP contribution >= 0.6 is 0 Å². The molecule has 1 rings (SSSR count). The SMILES string of the molecule is NC(CO)CN1CC(=O)NC1=O. The third-order valence-electron chi connectivity index (χ3n) is 1.56. The number of hydrogen-bond acceptors (Lipinski definition) is 4. The van der Waals surface area contributed by atoms with Crippen LogP contribution in [0.3, 0.4) is 0 Å². The smallest absolute Gasteiger partial charge is 0.324 e. The van der Waals surface area contributed by atoms with Gasteiger partial charge < -0.3 is 15.7 Å². The van der Waals surface area contributed by atoms with Crippen LogP contribution in [0.4, 0.5) is 4.79 Å². The van der Waals surface area contributed by atoms with Gasteiger partial charge in [-0.05, 0) is 0 Å². The van der Waals surface area contributed by atoms with Gasteiger partial charge in [0.1, 0.15) is 6.54 Å². The van der Waals surface area contributed by atoms with Gasteiger partial charge >= 0.3 is 6.03 Å². The fraction of sp³-hybridized carbons (Fsp3) is 0.667. The summed E-state index contributed by atoms with van der Waals surface area (Å²) in [5.41, 5.74) is 5.38. The number of amides is 3. The maximum absolute atomic E-state index is 10.9. The highest BCUT2D eigenvalue weighted by Gasteiger charge is 2.27. The molecule has 6 heteroatoms. The molecule has 0 aromatic rings. The van der Waals surface area contributed by atoms with E-state index in [9.17, 15) is 9.59 Å². The topological polar surface area (TPSA) is 95.7 Å². The molecule has 1 aliphatic rings. The molecule has 12 heavy (non-hydrogen) atoms. The molecule has 1 aliphatic heterocycles. The molecule has 6 nitrogen and oxygen atoms in total. The largest absolute Gasteiger partial charge is 0.395 e. The molecule has 0 saturated carbocycles. The highest BCUT2D eigenvalue weighted by Crippen LogP contribution is 1.98. The van der Waals surface area contributed by atoms with E-state index in [2.05, 4.69) is 5.32 Å². The zero-order valence-corrected chi connectivity index (χ0v) is 6.49. The van der Waals surface area contributed by atoms with Crippen molar-refractivity contribution in [2.45, 2.75) is 6.04 Å². The Morgan fingerprint density at radius 1 is 1.67 bits per heavy atom. The van der Waals surface area contributed by atoms with E-state index >= 15 is 0 Å². The first-order valence-electron chi connectivity index (χ1n) is 3.58. The Hall–Kier alpha value is -1.14. The van der Waals surface area contributed by atoms with Crippen LogP contribution in [0.15, 0.2) is 0 Å². The van der Waals surface area contributed by atoms with E-state index in [-0.39, 0.29) is 25.6 Å². The standard InChI is InChI=1S/C6H11N3O3/c7-4(3-10)1-9-2-5(11)8-6(9)12/h4,10H,1-3,7H2,(H,8,11,12). The van der Waals surface area contributed by atoms with Crippen LogP contribution in [0.5, 0.6) is 0 Å². The number of aliphatic hydroxyl groups excluding tert-OH is 1. The van der Waals surface area contributed by atoms with Gasteiger partial charge in [0, 0.05) is 12.6 Å². The summed E-state index contributed by atoms with van der Waals surface area (Å²) < 4.78 is 0. The van der Waals surface area contributed by atoms with Gasteiger partial charge in [-0.25, -0.2) is 4.79 Å². The summed E-state index contributed by atoms with van der Waals surface area (Å²) in [7, 11) is 0. The molecule has 0 aliphatic carbocycles. The number of imide groups is 1. The van der Waals surface area contributed by atoms with E-state index in [0.29, 0.717) is 0 Å². The highest BCUT2D eigenvalue weighted by molar-refractivity contribution is 6.01. The Morgan fingerprint density at radius 3 is 2.75 bits per heavy atom. The van der Waals surface area contributed by atoms with Crippen LogP contribution in [0, 0.1) is 0 Å². The van der Waals surface area contributed by atoms with Gasteiger partial charge in [0.2, 0.25) is 5.91 Å². The maximum atomic E-state index is 10.9. The van der Waals surface area contributed by atoms with Crippen LogP contribution in [0.1, 0.15) is 0 Å². The fourth-order valence-corrected chi connectivity index (χ4v) is 0.971. The molecular weight excluding hydrogens is 162 g/mol. The Kier molecular flexibility index (Phi) is 2.61. The van der Waals surface area contributed by atoms with Gasteiger partial charge in [-0.15, -0.1) is 0 Å². The molecule has 1 fully saturated rings. The van der Waals surface area contributed by atoms with Gasteiger partial charge in [-0.1, -0.05) is 0 Å². The zero-order valence-electron chi connectivity index (χ0n) is 6.49. The predicted molar refractivity (Wildman–Crippen MR) is 40.2 cm³/mol. The first-order valence-corrected chi connectivity index (χ1v) is 3.58. The average molecular weight is 173 g/mol.